The lowest BCUT2D eigenvalue weighted by Crippen LogP contribution is -2.50. The molecule has 3 aliphatic carbocycles. The maximum atomic E-state index is 11.9. The highest BCUT2D eigenvalue weighted by Gasteiger charge is 2.48. The van der Waals surface area contributed by atoms with E-state index in [1.807, 2.05) is 0 Å². The molecular formula is C19H18Cl2O4. The molecule has 1 unspecified atom stereocenters. The van der Waals surface area contributed by atoms with Crippen LogP contribution in [0.4, 0.5) is 0 Å². The molecule has 1 saturated carbocycles. The van der Waals surface area contributed by atoms with Crippen molar-refractivity contribution < 1.29 is 19.4 Å². The summed E-state index contributed by atoms with van der Waals surface area (Å²) in [6, 6.07) is 1.81. The first-order valence-electron chi connectivity index (χ1n) is 8.44. The summed E-state index contributed by atoms with van der Waals surface area (Å²) in [5.74, 6) is -0.547. The standard InChI is InChI=1S/C19H18Cl2O4/c1-18-6-3-11(22)8-12(18)14-10(9-18)7-13(15(20)16(14)21)25-19(17(23)24)4-2-5-19/h7-8H,2-6,9H2,1H3,(H,23,24). The van der Waals surface area contributed by atoms with Crippen LogP contribution in [0.3, 0.4) is 0 Å². The van der Waals surface area contributed by atoms with Gasteiger partial charge in [0, 0.05) is 12.0 Å². The minimum absolute atomic E-state index is 0.104. The van der Waals surface area contributed by atoms with Crippen LogP contribution in [-0.4, -0.2) is 22.5 Å². The number of benzene rings is 1. The quantitative estimate of drug-likeness (QED) is 0.825. The number of carboxylic acid groups (broad SMARTS) is 1. The third kappa shape index (κ3) is 2.42. The third-order valence-corrected chi connectivity index (χ3v) is 6.69. The van der Waals surface area contributed by atoms with Gasteiger partial charge in [0.1, 0.15) is 10.8 Å². The van der Waals surface area contributed by atoms with Crippen LogP contribution < -0.4 is 4.74 Å². The van der Waals surface area contributed by atoms with Crippen LogP contribution in [0.5, 0.6) is 5.75 Å². The Balaban J connectivity index is 1.80. The van der Waals surface area contributed by atoms with Gasteiger partial charge in [-0.05, 0) is 60.8 Å². The zero-order chi connectivity index (χ0) is 18.0. The number of fused-ring (bicyclic) bond motifs is 3. The fraction of sp³-hybridized carbons (Fsp3) is 0.474. The minimum atomic E-state index is -1.20. The van der Waals surface area contributed by atoms with Gasteiger partial charge in [-0.25, -0.2) is 4.79 Å². The van der Waals surface area contributed by atoms with E-state index in [0.29, 0.717) is 30.0 Å². The summed E-state index contributed by atoms with van der Waals surface area (Å²) in [5, 5.41) is 10.1. The van der Waals surface area contributed by atoms with Crippen LogP contribution in [0.25, 0.3) is 5.57 Å². The van der Waals surface area contributed by atoms with Crippen LogP contribution in [0.1, 0.15) is 50.2 Å². The minimum Gasteiger partial charge on any atom is -0.478 e. The van der Waals surface area contributed by atoms with Crippen molar-refractivity contribution in [3.05, 3.63) is 33.3 Å². The number of halogens is 2. The number of hydrogen-bond donors (Lipinski definition) is 1. The molecule has 0 heterocycles. The van der Waals surface area contributed by atoms with Crippen molar-refractivity contribution in [2.45, 2.75) is 51.0 Å². The zero-order valence-corrected chi connectivity index (χ0v) is 15.3. The largest absolute Gasteiger partial charge is 0.478 e. The van der Waals surface area contributed by atoms with Gasteiger partial charge in [0.15, 0.2) is 5.78 Å². The predicted molar refractivity (Wildman–Crippen MR) is 95.3 cm³/mol. The second kappa shape index (κ2) is 5.49. The number of ketones is 1. The van der Waals surface area contributed by atoms with Gasteiger partial charge in [-0.15, -0.1) is 0 Å². The molecule has 0 radical (unpaired) electrons. The fourth-order valence-electron chi connectivity index (χ4n) is 4.14. The smallest absolute Gasteiger partial charge is 0.348 e. The first-order chi connectivity index (χ1) is 11.8. The number of rotatable bonds is 3. The van der Waals surface area contributed by atoms with Gasteiger partial charge in [0.25, 0.3) is 0 Å². The second-order valence-corrected chi connectivity index (χ2v) is 8.31. The molecule has 1 aromatic carbocycles. The van der Waals surface area contributed by atoms with E-state index in [4.69, 9.17) is 27.9 Å². The third-order valence-electron chi connectivity index (χ3n) is 5.84. The Morgan fingerprint density at radius 2 is 1.96 bits per heavy atom. The number of aliphatic carboxylic acids is 1. The maximum absolute atomic E-state index is 11.9. The highest BCUT2D eigenvalue weighted by Crippen LogP contribution is 2.56. The van der Waals surface area contributed by atoms with Gasteiger partial charge >= 0.3 is 5.97 Å². The van der Waals surface area contributed by atoms with Crippen LogP contribution in [0.2, 0.25) is 10.0 Å². The zero-order valence-electron chi connectivity index (χ0n) is 13.8. The van der Waals surface area contributed by atoms with E-state index in [2.05, 4.69) is 6.92 Å². The lowest BCUT2D eigenvalue weighted by atomic mass is 9.74. The molecule has 0 aliphatic heterocycles. The molecule has 4 nitrogen and oxygen atoms in total. The Hall–Kier alpha value is -1.52. The van der Waals surface area contributed by atoms with Crippen LogP contribution in [-0.2, 0) is 16.0 Å². The van der Waals surface area contributed by atoms with Gasteiger partial charge in [0.2, 0.25) is 5.60 Å². The molecule has 0 bridgehead atoms. The van der Waals surface area contributed by atoms with E-state index in [9.17, 15) is 14.7 Å². The molecule has 6 heteroatoms. The molecule has 1 aromatic rings. The lowest BCUT2D eigenvalue weighted by molar-refractivity contribution is -0.163. The fourth-order valence-corrected chi connectivity index (χ4v) is 4.65. The lowest BCUT2D eigenvalue weighted by Gasteiger charge is -2.38. The van der Waals surface area contributed by atoms with Crippen molar-refractivity contribution in [1.29, 1.82) is 0 Å². The molecule has 0 aromatic heterocycles. The van der Waals surface area contributed by atoms with Crippen LogP contribution in [0.15, 0.2) is 12.1 Å². The number of carboxylic acids is 1. The first-order valence-corrected chi connectivity index (χ1v) is 9.20. The molecule has 132 valence electrons. The number of carbonyl (C=O) groups is 2. The Labute approximate surface area is 155 Å². The Morgan fingerprint density at radius 1 is 1.24 bits per heavy atom. The molecule has 1 atom stereocenters. The molecule has 25 heavy (non-hydrogen) atoms. The van der Waals surface area contributed by atoms with Gasteiger partial charge in [0.05, 0.1) is 5.02 Å². The number of carbonyl (C=O) groups excluding carboxylic acids is 1. The summed E-state index contributed by atoms with van der Waals surface area (Å²) < 4.78 is 5.84. The summed E-state index contributed by atoms with van der Waals surface area (Å²) in [6.45, 7) is 2.13. The molecule has 0 amide bonds. The summed E-state index contributed by atoms with van der Waals surface area (Å²) in [7, 11) is 0. The van der Waals surface area contributed by atoms with E-state index in [-0.39, 0.29) is 16.2 Å². The van der Waals surface area contributed by atoms with Crippen molar-refractivity contribution in [1.82, 2.24) is 0 Å². The van der Waals surface area contributed by atoms with E-state index in [1.165, 1.54) is 0 Å². The van der Waals surface area contributed by atoms with Gasteiger partial charge < -0.3 is 9.84 Å². The van der Waals surface area contributed by atoms with Crippen molar-refractivity contribution in [2.75, 3.05) is 0 Å². The molecule has 3 aliphatic rings. The summed E-state index contributed by atoms with van der Waals surface area (Å²) in [5.41, 5.74) is 1.38. The predicted octanol–water partition coefficient (Wildman–Crippen LogP) is 4.69. The molecule has 1 N–H and O–H groups in total. The van der Waals surface area contributed by atoms with E-state index in [1.54, 1.807) is 12.1 Å². The normalized spacial score (nSPS) is 26.4. The molecular weight excluding hydrogens is 363 g/mol. The number of hydrogen-bond acceptors (Lipinski definition) is 3. The van der Waals surface area contributed by atoms with Crippen LogP contribution in [0, 0.1) is 5.41 Å². The van der Waals surface area contributed by atoms with E-state index in [0.717, 1.165) is 36.0 Å². The molecule has 1 fully saturated rings. The monoisotopic (exact) mass is 380 g/mol. The second-order valence-electron chi connectivity index (χ2n) is 7.55. The number of allylic oxidation sites excluding steroid dienone is 2. The first kappa shape index (κ1) is 16.9. The number of ether oxygens (including phenoxy) is 1. The van der Waals surface area contributed by atoms with Crippen LogP contribution >= 0.6 is 23.2 Å². The van der Waals surface area contributed by atoms with Crippen molar-refractivity contribution in [3.8, 4) is 5.75 Å². The van der Waals surface area contributed by atoms with Crippen molar-refractivity contribution in [3.63, 3.8) is 0 Å². The molecule has 0 saturated heterocycles. The van der Waals surface area contributed by atoms with E-state index >= 15 is 0 Å². The van der Waals surface area contributed by atoms with Gasteiger partial charge in [-0.2, -0.15) is 0 Å². The Morgan fingerprint density at radius 3 is 2.56 bits per heavy atom. The summed E-state index contributed by atoms with van der Waals surface area (Å²) in [6.07, 6.45) is 5.48. The topological polar surface area (TPSA) is 63.6 Å². The molecule has 4 rings (SSSR count). The maximum Gasteiger partial charge on any atom is 0.348 e. The SMILES string of the molecule is CC12CCC(=O)C=C1c1c(cc(OC3(C(=O)O)CCC3)c(Cl)c1Cl)C2. The summed E-state index contributed by atoms with van der Waals surface area (Å²) in [4.78, 5) is 23.5. The van der Waals surface area contributed by atoms with Crippen molar-refractivity contribution >= 4 is 40.5 Å². The van der Waals surface area contributed by atoms with Crippen molar-refractivity contribution in [2.24, 2.45) is 5.41 Å². The Bertz CT molecular complexity index is 838. The van der Waals surface area contributed by atoms with E-state index < -0.39 is 11.6 Å². The summed E-state index contributed by atoms with van der Waals surface area (Å²) >= 11 is 13.0. The highest BCUT2D eigenvalue weighted by molar-refractivity contribution is 6.44. The van der Waals surface area contributed by atoms with Gasteiger partial charge in [-0.1, -0.05) is 30.1 Å². The highest BCUT2D eigenvalue weighted by atomic mass is 35.5. The average Bonchev–Trinajstić information content (AvgIpc) is 2.79. The Kier molecular flexibility index (Phi) is 3.71. The molecule has 0 spiro atoms. The van der Waals surface area contributed by atoms with Gasteiger partial charge in [-0.3, -0.25) is 4.79 Å². The average molecular weight is 381 g/mol.